The summed E-state index contributed by atoms with van der Waals surface area (Å²) in [5.74, 6) is -3.65. The molecule has 30 heavy (non-hydrogen) atoms. The van der Waals surface area contributed by atoms with Crippen molar-refractivity contribution in [3.8, 4) is 0 Å². The number of carboxylic acids is 2. The fraction of sp³-hybridized carbons (Fsp3) is 0.300. The van der Waals surface area contributed by atoms with Gasteiger partial charge >= 0.3 is 11.9 Å². The number of hydrogen-bond donors (Lipinski definition) is 8. The highest BCUT2D eigenvalue weighted by Gasteiger charge is 2.05. The largest absolute Gasteiger partial charge is 0.473 e. The van der Waals surface area contributed by atoms with Gasteiger partial charge in [0.15, 0.2) is 0 Å². The maximum absolute atomic E-state index is 9.50. The van der Waals surface area contributed by atoms with Crippen molar-refractivity contribution in [2.24, 2.45) is 0 Å². The van der Waals surface area contributed by atoms with Crippen LogP contribution >= 0.6 is 0 Å². The van der Waals surface area contributed by atoms with Gasteiger partial charge in [-0.1, -0.05) is 60.7 Å². The average Bonchev–Trinajstić information content (AvgIpc) is 2.77. The molecular weight excluding hydrogens is 396 g/mol. The average molecular weight is 424 g/mol. The number of carboxylic acid groups (broad SMARTS) is 2. The molecule has 2 atom stereocenters. The van der Waals surface area contributed by atoms with Gasteiger partial charge in [0.2, 0.25) is 0 Å². The Hall–Kier alpha value is -2.86. The van der Waals surface area contributed by atoms with Crippen LogP contribution < -0.4 is 11.0 Å². The molecule has 10 nitrogen and oxygen atoms in total. The Bertz CT molecular complexity index is 639. The number of aliphatic hydroxyl groups excluding tert-OH is 2. The quantitative estimate of drug-likeness (QED) is 0.227. The van der Waals surface area contributed by atoms with Crippen molar-refractivity contribution >= 4 is 11.9 Å². The summed E-state index contributed by atoms with van der Waals surface area (Å²) < 4.78 is 0. The van der Waals surface area contributed by atoms with Gasteiger partial charge in [0, 0.05) is 13.1 Å². The Balaban J connectivity index is 0.000000447. The van der Waals surface area contributed by atoms with Crippen LogP contribution in [0.5, 0.6) is 0 Å². The first kappa shape index (κ1) is 27.1. The summed E-state index contributed by atoms with van der Waals surface area (Å²) in [5, 5.41) is 50.4. The maximum atomic E-state index is 9.50. The lowest BCUT2D eigenvalue weighted by atomic mass is 10.1. The van der Waals surface area contributed by atoms with E-state index in [0.717, 1.165) is 11.1 Å². The Kier molecular flexibility index (Phi) is 15.4. The van der Waals surface area contributed by atoms with Crippen molar-refractivity contribution < 1.29 is 40.4 Å². The zero-order valence-corrected chi connectivity index (χ0v) is 16.3. The summed E-state index contributed by atoms with van der Waals surface area (Å²) in [5.41, 5.74) is 5.78. The summed E-state index contributed by atoms with van der Waals surface area (Å²) in [7, 11) is 0. The smallest absolute Gasteiger partial charge is 0.414 e. The molecule has 0 bridgehead atoms. The molecule has 8 N–H and O–H groups in total. The minimum atomic E-state index is -1.82. The fourth-order valence-corrected chi connectivity index (χ4v) is 2.09. The summed E-state index contributed by atoms with van der Waals surface area (Å²) in [6, 6.07) is 18.8. The second kappa shape index (κ2) is 17.0. The van der Waals surface area contributed by atoms with Crippen molar-refractivity contribution in [1.29, 1.82) is 0 Å². The highest BCUT2D eigenvalue weighted by atomic mass is 16.5. The molecule has 0 aliphatic heterocycles. The van der Waals surface area contributed by atoms with Crippen molar-refractivity contribution in [3.63, 3.8) is 0 Å². The molecule has 0 heterocycles. The molecule has 2 aromatic carbocycles. The van der Waals surface area contributed by atoms with Gasteiger partial charge in [-0.05, 0) is 24.0 Å². The van der Waals surface area contributed by atoms with E-state index < -0.39 is 24.1 Å². The second-order valence-corrected chi connectivity index (χ2v) is 5.86. The third kappa shape index (κ3) is 13.3. The van der Waals surface area contributed by atoms with Crippen LogP contribution in [0.3, 0.4) is 0 Å². The van der Waals surface area contributed by atoms with E-state index in [2.05, 4.69) is 0 Å². The van der Waals surface area contributed by atoms with E-state index in [0.29, 0.717) is 25.9 Å². The van der Waals surface area contributed by atoms with E-state index in [9.17, 15) is 10.2 Å². The maximum Gasteiger partial charge on any atom is 0.414 e. The highest BCUT2D eigenvalue weighted by molar-refractivity contribution is 6.27. The molecule has 166 valence electrons. The van der Waals surface area contributed by atoms with Crippen LogP contribution in [-0.4, -0.2) is 55.9 Å². The molecule has 2 aromatic rings. The molecule has 0 aliphatic rings. The Morgan fingerprint density at radius 2 is 0.967 bits per heavy atom. The van der Waals surface area contributed by atoms with Crippen LogP contribution in [0.2, 0.25) is 0 Å². The molecule has 2 rings (SSSR count). The first-order valence-electron chi connectivity index (χ1n) is 8.99. The number of nitrogens with one attached hydrogen (secondary N) is 2. The molecule has 0 amide bonds. The predicted molar refractivity (Wildman–Crippen MR) is 107 cm³/mol. The molecule has 0 radical (unpaired) electrons. The molecular formula is C20H28N2O8. The Labute approximate surface area is 174 Å². The van der Waals surface area contributed by atoms with Gasteiger partial charge in [-0.2, -0.15) is 0 Å². The van der Waals surface area contributed by atoms with E-state index in [1.165, 1.54) is 0 Å². The molecule has 0 spiro atoms. The zero-order chi connectivity index (χ0) is 22.8. The van der Waals surface area contributed by atoms with Gasteiger partial charge in [0.05, 0.1) is 12.2 Å². The molecule has 10 heteroatoms. The third-order valence-electron chi connectivity index (χ3n) is 3.61. The number of aliphatic carboxylic acids is 2. The highest BCUT2D eigenvalue weighted by Crippen LogP contribution is 2.15. The standard InChI is InChI=1S/2C9H13NO2.C2H2O4/c2*11-9(6-7-10-12)8-4-2-1-3-5-8;3-1(4)2(5)6/h2*1-5,9-12H,6-7H2;(H,3,4)(H,5,6). The van der Waals surface area contributed by atoms with Crippen LogP contribution in [0.1, 0.15) is 36.2 Å². The van der Waals surface area contributed by atoms with Crippen molar-refractivity contribution in [1.82, 2.24) is 11.0 Å². The minimum absolute atomic E-state index is 0.399. The molecule has 2 unspecified atom stereocenters. The number of carbonyl (C=O) groups is 2. The second-order valence-electron chi connectivity index (χ2n) is 5.86. The summed E-state index contributed by atoms with van der Waals surface area (Å²) in [6.07, 6.45) is 0.0396. The van der Waals surface area contributed by atoms with E-state index in [-0.39, 0.29) is 0 Å². The summed E-state index contributed by atoms with van der Waals surface area (Å²) in [4.78, 5) is 18.2. The lowest BCUT2D eigenvalue weighted by molar-refractivity contribution is -0.159. The Morgan fingerprint density at radius 3 is 1.20 bits per heavy atom. The first-order chi connectivity index (χ1) is 14.3. The molecule has 0 aromatic heterocycles. The minimum Gasteiger partial charge on any atom is -0.473 e. The summed E-state index contributed by atoms with van der Waals surface area (Å²) >= 11 is 0. The number of hydrogen-bond acceptors (Lipinski definition) is 8. The molecule has 0 aliphatic carbocycles. The van der Waals surface area contributed by atoms with Gasteiger partial charge in [-0.15, -0.1) is 0 Å². The van der Waals surface area contributed by atoms with Crippen molar-refractivity contribution in [3.05, 3.63) is 71.8 Å². The molecule has 0 saturated heterocycles. The SMILES string of the molecule is O=C(O)C(=O)O.ONCCC(O)c1ccccc1.ONCCC(O)c1ccccc1. The van der Waals surface area contributed by atoms with E-state index in [1.807, 2.05) is 71.6 Å². The first-order valence-corrected chi connectivity index (χ1v) is 8.99. The van der Waals surface area contributed by atoms with Crippen LogP contribution in [0.25, 0.3) is 0 Å². The number of aliphatic hydroxyl groups is 2. The Morgan fingerprint density at radius 1 is 0.667 bits per heavy atom. The lowest BCUT2D eigenvalue weighted by Gasteiger charge is -2.09. The number of hydroxylamine groups is 2. The van der Waals surface area contributed by atoms with E-state index >= 15 is 0 Å². The van der Waals surface area contributed by atoms with E-state index in [1.54, 1.807) is 0 Å². The lowest BCUT2D eigenvalue weighted by Crippen LogP contribution is -2.12. The fourth-order valence-electron chi connectivity index (χ4n) is 2.09. The van der Waals surface area contributed by atoms with Gasteiger partial charge in [0.25, 0.3) is 0 Å². The topological polar surface area (TPSA) is 180 Å². The zero-order valence-electron chi connectivity index (χ0n) is 16.3. The van der Waals surface area contributed by atoms with Gasteiger partial charge in [-0.3, -0.25) is 0 Å². The number of benzene rings is 2. The van der Waals surface area contributed by atoms with E-state index in [4.69, 9.17) is 30.2 Å². The van der Waals surface area contributed by atoms with Gasteiger partial charge < -0.3 is 30.8 Å². The summed E-state index contributed by atoms with van der Waals surface area (Å²) in [6.45, 7) is 0.798. The van der Waals surface area contributed by atoms with Crippen LogP contribution in [0, 0.1) is 0 Å². The molecule has 0 fully saturated rings. The monoisotopic (exact) mass is 424 g/mol. The molecule has 0 saturated carbocycles. The third-order valence-corrected chi connectivity index (χ3v) is 3.61. The van der Waals surface area contributed by atoms with Gasteiger partial charge in [-0.25, -0.2) is 20.5 Å². The van der Waals surface area contributed by atoms with Gasteiger partial charge in [0.1, 0.15) is 0 Å². The normalized spacial score (nSPS) is 11.7. The van der Waals surface area contributed by atoms with Crippen LogP contribution in [0.4, 0.5) is 0 Å². The van der Waals surface area contributed by atoms with Crippen LogP contribution in [-0.2, 0) is 9.59 Å². The number of rotatable bonds is 8. The van der Waals surface area contributed by atoms with Crippen LogP contribution in [0.15, 0.2) is 60.7 Å². The van der Waals surface area contributed by atoms with Crippen molar-refractivity contribution in [2.45, 2.75) is 25.0 Å². The predicted octanol–water partition coefficient (Wildman–Crippen LogP) is 1.33. The van der Waals surface area contributed by atoms with Crippen molar-refractivity contribution in [2.75, 3.05) is 13.1 Å².